The van der Waals surface area contributed by atoms with Crippen LogP contribution in [-0.2, 0) is 11.2 Å². The van der Waals surface area contributed by atoms with Crippen LogP contribution in [0.1, 0.15) is 40.3 Å². The highest BCUT2D eigenvalue weighted by Gasteiger charge is 2.34. The van der Waals surface area contributed by atoms with Crippen LogP contribution >= 0.6 is 11.3 Å². The lowest BCUT2D eigenvalue weighted by Gasteiger charge is -2.32. The van der Waals surface area contributed by atoms with Crippen LogP contribution in [0.4, 0.5) is 0 Å². The zero-order valence-corrected chi connectivity index (χ0v) is 15.4. The van der Waals surface area contributed by atoms with E-state index in [-0.39, 0.29) is 23.8 Å². The van der Waals surface area contributed by atoms with Crippen LogP contribution in [0.25, 0.3) is 0 Å². The maximum absolute atomic E-state index is 12.3. The average molecular weight is 377 g/mol. The van der Waals surface area contributed by atoms with Crippen molar-refractivity contribution in [2.24, 2.45) is 5.92 Å². The lowest BCUT2D eigenvalue weighted by atomic mass is 9.83. The maximum Gasteiger partial charge on any atom is 0.263 e. The molecule has 1 aliphatic rings. The van der Waals surface area contributed by atoms with Crippen LogP contribution in [-0.4, -0.2) is 50.6 Å². The summed E-state index contributed by atoms with van der Waals surface area (Å²) >= 11 is 1.28. The second-order valence-electron chi connectivity index (χ2n) is 6.54. The van der Waals surface area contributed by atoms with Crippen molar-refractivity contribution in [1.29, 1.82) is 0 Å². The van der Waals surface area contributed by atoms with E-state index >= 15 is 0 Å². The van der Waals surface area contributed by atoms with Gasteiger partial charge in [0.05, 0.1) is 29.7 Å². The summed E-state index contributed by atoms with van der Waals surface area (Å²) in [6.45, 7) is 2.31. The molecule has 3 rings (SSSR count). The second-order valence-corrected chi connectivity index (χ2v) is 7.40. The van der Waals surface area contributed by atoms with Crippen LogP contribution in [0, 0.1) is 12.8 Å². The number of aliphatic hydroxyl groups is 1. The fraction of sp³-hybridized carbons (Fsp3) is 0.529. The number of rotatable bonds is 6. The summed E-state index contributed by atoms with van der Waals surface area (Å²) in [6.07, 6.45) is 4.86. The standard InChI is InChI=1S/C17H23N5O3S/c1-10-15(26-9-21-10)17(25)22-13-3-2-11(6-14(13)23)16(24)19-5-4-12-7-18-8-20-12/h7-9,11,13-14,23H,2-6H2,1H3,(H,18,20)(H,19,24)(H,22,25)/t11-,13-,14-/m0/s1. The van der Waals surface area contributed by atoms with Crippen LogP contribution in [0.5, 0.6) is 0 Å². The number of aryl methyl sites for hydroxylation is 1. The maximum atomic E-state index is 12.3. The van der Waals surface area contributed by atoms with Crippen LogP contribution in [0.3, 0.4) is 0 Å². The van der Waals surface area contributed by atoms with Crippen molar-refractivity contribution in [3.63, 3.8) is 0 Å². The first-order valence-electron chi connectivity index (χ1n) is 8.68. The number of hydrogen-bond donors (Lipinski definition) is 4. The molecule has 8 nitrogen and oxygen atoms in total. The number of hydrogen-bond acceptors (Lipinski definition) is 6. The molecule has 1 saturated carbocycles. The summed E-state index contributed by atoms with van der Waals surface area (Å²) < 4.78 is 0. The number of carbonyl (C=O) groups excluding carboxylic acids is 2. The molecule has 26 heavy (non-hydrogen) atoms. The molecule has 4 N–H and O–H groups in total. The Morgan fingerprint density at radius 1 is 1.42 bits per heavy atom. The second kappa shape index (κ2) is 8.41. The first-order valence-corrected chi connectivity index (χ1v) is 9.56. The van der Waals surface area contributed by atoms with Crippen molar-refractivity contribution in [3.8, 4) is 0 Å². The van der Waals surface area contributed by atoms with Crippen molar-refractivity contribution in [2.45, 2.75) is 44.8 Å². The molecule has 2 aromatic heterocycles. The Morgan fingerprint density at radius 3 is 2.92 bits per heavy atom. The minimum Gasteiger partial charge on any atom is -0.391 e. The molecule has 3 atom stereocenters. The predicted molar refractivity (Wildman–Crippen MR) is 96.8 cm³/mol. The highest BCUT2D eigenvalue weighted by Crippen LogP contribution is 2.25. The molecule has 2 heterocycles. The van der Waals surface area contributed by atoms with E-state index in [9.17, 15) is 14.7 Å². The third-order valence-electron chi connectivity index (χ3n) is 4.70. The highest BCUT2D eigenvalue weighted by atomic mass is 32.1. The van der Waals surface area contributed by atoms with E-state index in [4.69, 9.17) is 0 Å². The largest absolute Gasteiger partial charge is 0.391 e. The molecule has 0 radical (unpaired) electrons. The molecular weight excluding hydrogens is 354 g/mol. The van der Waals surface area contributed by atoms with E-state index in [1.54, 1.807) is 25.0 Å². The number of imidazole rings is 1. The Kier molecular flexibility index (Phi) is 6.00. The van der Waals surface area contributed by atoms with Gasteiger partial charge in [0, 0.05) is 30.8 Å². The number of nitrogens with zero attached hydrogens (tertiary/aromatic N) is 2. The molecule has 1 fully saturated rings. The fourth-order valence-electron chi connectivity index (χ4n) is 3.19. The zero-order chi connectivity index (χ0) is 18.5. The monoisotopic (exact) mass is 377 g/mol. The lowest BCUT2D eigenvalue weighted by Crippen LogP contribution is -2.49. The summed E-state index contributed by atoms with van der Waals surface area (Å²) in [5.41, 5.74) is 3.29. The highest BCUT2D eigenvalue weighted by molar-refractivity contribution is 7.11. The Hall–Kier alpha value is -2.26. The predicted octanol–water partition coefficient (Wildman–Crippen LogP) is 0.793. The van der Waals surface area contributed by atoms with E-state index in [1.807, 2.05) is 0 Å². The summed E-state index contributed by atoms with van der Waals surface area (Å²) in [7, 11) is 0. The van der Waals surface area contributed by atoms with Gasteiger partial charge >= 0.3 is 0 Å². The van der Waals surface area contributed by atoms with Gasteiger partial charge in [0.1, 0.15) is 4.88 Å². The molecule has 0 spiro atoms. The number of thiazole rings is 1. The van der Waals surface area contributed by atoms with Crippen molar-refractivity contribution >= 4 is 23.2 Å². The molecule has 0 unspecified atom stereocenters. The van der Waals surface area contributed by atoms with Gasteiger partial charge in [0.2, 0.25) is 5.91 Å². The third kappa shape index (κ3) is 4.47. The smallest absolute Gasteiger partial charge is 0.263 e. The fourth-order valence-corrected chi connectivity index (χ4v) is 3.90. The van der Waals surface area contributed by atoms with Gasteiger partial charge in [-0.15, -0.1) is 11.3 Å². The van der Waals surface area contributed by atoms with E-state index in [1.165, 1.54) is 11.3 Å². The average Bonchev–Trinajstić information content (AvgIpc) is 3.28. The molecule has 1 aliphatic carbocycles. The Balaban J connectivity index is 1.44. The zero-order valence-electron chi connectivity index (χ0n) is 14.6. The molecule has 2 aromatic rings. The summed E-state index contributed by atoms with van der Waals surface area (Å²) in [5, 5.41) is 16.1. The van der Waals surface area contributed by atoms with Gasteiger partial charge in [0.15, 0.2) is 0 Å². The summed E-state index contributed by atoms with van der Waals surface area (Å²) in [6, 6.07) is -0.335. The minimum absolute atomic E-state index is 0.0494. The van der Waals surface area contributed by atoms with Crippen LogP contribution in [0.2, 0.25) is 0 Å². The molecule has 2 amide bonds. The molecule has 9 heteroatoms. The van der Waals surface area contributed by atoms with Crippen molar-refractivity contribution in [3.05, 3.63) is 34.3 Å². The van der Waals surface area contributed by atoms with E-state index in [0.29, 0.717) is 42.8 Å². The van der Waals surface area contributed by atoms with Gasteiger partial charge < -0.3 is 20.7 Å². The van der Waals surface area contributed by atoms with Gasteiger partial charge in [-0.25, -0.2) is 9.97 Å². The number of aliphatic hydroxyl groups excluding tert-OH is 1. The van der Waals surface area contributed by atoms with Crippen LogP contribution < -0.4 is 10.6 Å². The first-order chi connectivity index (χ1) is 12.5. The third-order valence-corrected chi connectivity index (χ3v) is 5.63. The summed E-state index contributed by atoms with van der Waals surface area (Å²) in [4.78, 5) is 36.1. The number of aromatic nitrogens is 3. The molecular formula is C17H23N5O3S. The van der Waals surface area contributed by atoms with Crippen LogP contribution in [0.15, 0.2) is 18.0 Å². The lowest BCUT2D eigenvalue weighted by molar-refractivity contribution is -0.127. The Morgan fingerprint density at radius 2 is 2.27 bits per heavy atom. The van der Waals surface area contributed by atoms with Gasteiger partial charge in [-0.1, -0.05) is 0 Å². The topological polar surface area (TPSA) is 120 Å². The molecule has 0 aromatic carbocycles. The number of aromatic amines is 1. The van der Waals surface area contributed by atoms with E-state index < -0.39 is 6.10 Å². The van der Waals surface area contributed by atoms with Crippen molar-refractivity contribution in [2.75, 3.05) is 6.54 Å². The molecule has 0 saturated heterocycles. The normalized spacial score (nSPS) is 22.8. The number of nitrogens with one attached hydrogen (secondary N) is 3. The Labute approximate surface area is 155 Å². The minimum atomic E-state index is -0.732. The SMILES string of the molecule is Cc1ncsc1C(=O)N[C@H]1CC[C@H](C(=O)NCCc2cnc[nH]2)C[C@@H]1O. The summed E-state index contributed by atoms with van der Waals surface area (Å²) in [5.74, 6) is -0.492. The number of H-pyrrole nitrogens is 1. The van der Waals surface area contributed by atoms with Gasteiger partial charge in [-0.2, -0.15) is 0 Å². The number of amides is 2. The Bertz CT molecular complexity index is 745. The van der Waals surface area contributed by atoms with Gasteiger partial charge in [0.25, 0.3) is 5.91 Å². The van der Waals surface area contributed by atoms with E-state index in [0.717, 1.165) is 5.69 Å². The first kappa shape index (κ1) is 18.5. The van der Waals surface area contributed by atoms with Gasteiger partial charge in [-0.05, 0) is 26.2 Å². The molecule has 0 aliphatic heterocycles. The number of carbonyl (C=O) groups is 2. The molecule has 0 bridgehead atoms. The molecule has 140 valence electrons. The van der Waals surface area contributed by atoms with Gasteiger partial charge in [-0.3, -0.25) is 9.59 Å². The van der Waals surface area contributed by atoms with Crippen molar-refractivity contribution < 1.29 is 14.7 Å². The quantitative estimate of drug-likeness (QED) is 0.593. The van der Waals surface area contributed by atoms with Crippen molar-refractivity contribution in [1.82, 2.24) is 25.6 Å². The van der Waals surface area contributed by atoms with E-state index in [2.05, 4.69) is 25.6 Å².